The summed E-state index contributed by atoms with van der Waals surface area (Å²) in [6.45, 7) is 2.54. The number of hydrogen-bond donors (Lipinski definition) is 0. The van der Waals surface area contributed by atoms with Gasteiger partial charge >= 0.3 is 0 Å². The van der Waals surface area contributed by atoms with Crippen LogP contribution >= 0.6 is 0 Å². The minimum atomic E-state index is -0.513. The molecule has 0 N–H and O–H groups in total. The lowest BCUT2D eigenvalue weighted by Gasteiger charge is -2.37. The van der Waals surface area contributed by atoms with Crippen molar-refractivity contribution in [3.05, 3.63) is 57.9 Å². The van der Waals surface area contributed by atoms with Crippen molar-refractivity contribution in [1.29, 1.82) is 5.26 Å². The van der Waals surface area contributed by atoms with Crippen molar-refractivity contribution in [2.24, 2.45) is 0 Å². The van der Waals surface area contributed by atoms with Crippen molar-refractivity contribution in [1.82, 2.24) is 0 Å². The van der Waals surface area contributed by atoms with Crippen LogP contribution in [-0.2, 0) is 0 Å². The van der Waals surface area contributed by atoms with Crippen molar-refractivity contribution in [2.45, 2.75) is 0 Å². The molecule has 0 spiro atoms. The first-order chi connectivity index (χ1) is 12.5. The molecule has 0 saturated carbocycles. The molecule has 1 aliphatic heterocycles. The van der Waals surface area contributed by atoms with Gasteiger partial charge in [0.05, 0.1) is 23.3 Å². The van der Waals surface area contributed by atoms with Crippen molar-refractivity contribution in [2.75, 3.05) is 43.1 Å². The number of methoxy groups -OCH3 is 1. The third kappa shape index (κ3) is 3.37. The summed E-state index contributed by atoms with van der Waals surface area (Å²) < 4.78 is 18.8. The average molecular weight is 356 g/mol. The molecule has 134 valence electrons. The highest BCUT2D eigenvalue weighted by Gasteiger charge is 2.21. The van der Waals surface area contributed by atoms with Crippen molar-refractivity contribution >= 4 is 17.1 Å². The lowest BCUT2D eigenvalue weighted by atomic mass is 10.1. The molecule has 1 saturated heterocycles. The van der Waals surface area contributed by atoms with Gasteiger partial charge in [-0.2, -0.15) is 5.26 Å². The number of benzene rings is 2. The first kappa shape index (κ1) is 17.5. The standard InChI is InChI=1S/C18H17FN4O3/c1-26-18-5-3-14(11-16(18)19)21-6-8-22(9-7-21)17-4-2-15(23(24)25)10-13(17)12-20/h2-5,10-11H,6-9H2,1H3. The van der Waals surface area contributed by atoms with E-state index in [2.05, 4.69) is 4.90 Å². The van der Waals surface area contributed by atoms with E-state index >= 15 is 0 Å². The van der Waals surface area contributed by atoms with Crippen molar-refractivity contribution in [3.8, 4) is 11.8 Å². The Balaban J connectivity index is 1.74. The molecule has 3 rings (SSSR count). The van der Waals surface area contributed by atoms with Crippen LogP contribution in [0.5, 0.6) is 5.75 Å². The third-order valence-electron chi connectivity index (χ3n) is 4.43. The minimum Gasteiger partial charge on any atom is -0.494 e. The predicted molar refractivity (Wildman–Crippen MR) is 95.2 cm³/mol. The summed E-state index contributed by atoms with van der Waals surface area (Å²) in [6.07, 6.45) is 0. The fraction of sp³-hybridized carbons (Fsp3) is 0.278. The molecule has 0 bridgehead atoms. The molecule has 0 unspecified atom stereocenters. The maximum atomic E-state index is 13.9. The van der Waals surface area contributed by atoms with E-state index in [1.807, 2.05) is 17.0 Å². The summed E-state index contributed by atoms with van der Waals surface area (Å²) in [5.74, 6) is -0.202. The number of nitrogens with zero attached hydrogens (tertiary/aromatic N) is 4. The Bertz CT molecular complexity index is 873. The highest BCUT2D eigenvalue weighted by molar-refractivity contribution is 5.64. The smallest absolute Gasteiger partial charge is 0.270 e. The SMILES string of the molecule is COc1ccc(N2CCN(c3ccc([N+](=O)[O-])cc3C#N)CC2)cc1F. The van der Waals surface area contributed by atoms with Gasteiger partial charge < -0.3 is 14.5 Å². The number of nitro groups is 1. The molecule has 0 aromatic heterocycles. The second kappa shape index (κ2) is 7.27. The van der Waals surface area contributed by atoms with E-state index in [0.29, 0.717) is 31.9 Å². The highest BCUT2D eigenvalue weighted by Crippen LogP contribution is 2.28. The van der Waals surface area contributed by atoms with Crippen LogP contribution in [0.15, 0.2) is 36.4 Å². The van der Waals surface area contributed by atoms with Crippen LogP contribution in [0.25, 0.3) is 0 Å². The molecular weight excluding hydrogens is 339 g/mol. The summed E-state index contributed by atoms with van der Waals surface area (Å²) in [5.41, 5.74) is 1.63. The quantitative estimate of drug-likeness (QED) is 0.619. The van der Waals surface area contributed by atoms with E-state index in [4.69, 9.17) is 4.74 Å². The molecule has 0 amide bonds. The van der Waals surface area contributed by atoms with Crippen LogP contribution in [0, 0.1) is 27.3 Å². The second-order valence-electron chi connectivity index (χ2n) is 5.86. The molecular formula is C18H17FN4O3. The topological polar surface area (TPSA) is 82.6 Å². The lowest BCUT2D eigenvalue weighted by molar-refractivity contribution is -0.384. The van der Waals surface area contributed by atoms with Crippen LogP contribution in [0.2, 0.25) is 0 Å². The average Bonchev–Trinajstić information content (AvgIpc) is 2.67. The maximum absolute atomic E-state index is 13.9. The monoisotopic (exact) mass is 356 g/mol. The third-order valence-corrected chi connectivity index (χ3v) is 4.43. The molecule has 1 heterocycles. The largest absolute Gasteiger partial charge is 0.494 e. The van der Waals surface area contributed by atoms with E-state index < -0.39 is 10.7 Å². The van der Waals surface area contributed by atoms with Crippen molar-refractivity contribution in [3.63, 3.8) is 0 Å². The Morgan fingerprint density at radius 1 is 1.15 bits per heavy atom. The van der Waals surface area contributed by atoms with Gasteiger partial charge in [0, 0.05) is 50.1 Å². The number of hydrogen-bond acceptors (Lipinski definition) is 6. The number of anilines is 2. The van der Waals surface area contributed by atoms with E-state index in [-0.39, 0.29) is 17.0 Å². The molecule has 0 atom stereocenters. The van der Waals surface area contributed by atoms with Gasteiger partial charge in [-0.05, 0) is 18.2 Å². The number of rotatable bonds is 4. The Labute approximate surface area is 150 Å². The minimum absolute atomic E-state index is 0.0994. The molecule has 7 nitrogen and oxygen atoms in total. The van der Waals surface area contributed by atoms with Crippen LogP contribution in [0.4, 0.5) is 21.5 Å². The summed E-state index contributed by atoms with van der Waals surface area (Å²) in [6, 6.07) is 11.2. The Hall–Kier alpha value is -3.34. The van der Waals surface area contributed by atoms with Gasteiger partial charge in [-0.3, -0.25) is 10.1 Å². The lowest BCUT2D eigenvalue weighted by Crippen LogP contribution is -2.46. The molecule has 2 aromatic carbocycles. The zero-order valence-electron chi connectivity index (χ0n) is 14.2. The second-order valence-corrected chi connectivity index (χ2v) is 5.86. The first-order valence-electron chi connectivity index (χ1n) is 8.05. The van der Waals surface area contributed by atoms with Crippen LogP contribution in [-0.4, -0.2) is 38.2 Å². The number of piperazine rings is 1. The van der Waals surface area contributed by atoms with Crippen molar-refractivity contribution < 1.29 is 14.1 Å². The first-order valence-corrected chi connectivity index (χ1v) is 8.05. The number of halogens is 1. The predicted octanol–water partition coefficient (Wildman–Crippen LogP) is 2.94. The van der Waals surface area contributed by atoms with Gasteiger partial charge in [0.25, 0.3) is 5.69 Å². The zero-order valence-corrected chi connectivity index (χ0v) is 14.2. The molecule has 2 aromatic rings. The van der Waals surface area contributed by atoms with Crippen LogP contribution < -0.4 is 14.5 Å². The van der Waals surface area contributed by atoms with E-state index in [1.165, 1.54) is 25.3 Å². The molecule has 0 radical (unpaired) electrons. The van der Waals surface area contributed by atoms with E-state index in [0.717, 1.165) is 5.69 Å². The Morgan fingerprint density at radius 2 is 1.85 bits per heavy atom. The number of non-ortho nitro benzene ring substituents is 1. The summed E-state index contributed by atoms with van der Waals surface area (Å²) >= 11 is 0. The summed E-state index contributed by atoms with van der Waals surface area (Å²) in [4.78, 5) is 14.4. The fourth-order valence-electron chi connectivity index (χ4n) is 3.06. The molecule has 1 aliphatic rings. The number of ether oxygens (including phenoxy) is 1. The summed E-state index contributed by atoms with van der Waals surface area (Å²) in [5, 5.41) is 20.2. The highest BCUT2D eigenvalue weighted by atomic mass is 19.1. The van der Waals surface area contributed by atoms with Gasteiger partial charge in [-0.15, -0.1) is 0 Å². The van der Waals surface area contributed by atoms with Gasteiger partial charge in [-0.1, -0.05) is 0 Å². The molecule has 8 heteroatoms. The van der Waals surface area contributed by atoms with Gasteiger partial charge in [0.15, 0.2) is 11.6 Å². The van der Waals surface area contributed by atoms with Crippen LogP contribution in [0.1, 0.15) is 5.56 Å². The van der Waals surface area contributed by atoms with Gasteiger partial charge in [0.1, 0.15) is 6.07 Å². The maximum Gasteiger partial charge on any atom is 0.270 e. The Kier molecular flexibility index (Phi) is 4.89. The molecule has 26 heavy (non-hydrogen) atoms. The molecule has 1 fully saturated rings. The normalized spacial score (nSPS) is 14.0. The number of nitriles is 1. The van der Waals surface area contributed by atoms with E-state index in [1.54, 1.807) is 12.1 Å². The fourth-order valence-corrected chi connectivity index (χ4v) is 3.06. The number of nitro benzene ring substituents is 1. The summed E-state index contributed by atoms with van der Waals surface area (Å²) in [7, 11) is 1.42. The van der Waals surface area contributed by atoms with Gasteiger partial charge in [0.2, 0.25) is 0 Å². The zero-order chi connectivity index (χ0) is 18.7. The van der Waals surface area contributed by atoms with Crippen LogP contribution in [0.3, 0.4) is 0 Å². The van der Waals surface area contributed by atoms with E-state index in [9.17, 15) is 19.8 Å². The molecule has 0 aliphatic carbocycles. The van der Waals surface area contributed by atoms with Gasteiger partial charge in [-0.25, -0.2) is 4.39 Å². The Morgan fingerprint density at radius 3 is 2.42 bits per heavy atom.